The average molecular weight is 915 g/mol. The van der Waals surface area contributed by atoms with Gasteiger partial charge in [-0.25, -0.2) is 16.8 Å². The number of anilines is 1. The van der Waals surface area contributed by atoms with Gasteiger partial charge in [0.1, 0.15) is 31.7 Å². The monoisotopic (exact) mass is 914 g/mol. The lowest BCUT2D eigenvalue weighted by atomic mass is 9.81. The molecule has 3 aromatic carbocycles. The lowest BCUT2D eigenvalue weighted by Gasteiger charge is -2.29. The van der Waals surface area contributed by atoms with Crippen molar-refractivity contribution in [3.8, 4) is 5.75 Å². The molecule has 0 fully saturated rings. The molecule has 0 saturated heterocycles. The number of allylic oxidation sites excluding steroid dienone is 7. The van der Waals surface area contributed by atoms with E-state index in [1.807, 2.05) is 24.3 Å². The van der Waals surface area contributed by atoms with Gasteiger partial charge < -0.3 is 33.4 Å². The topological polar surface area (TPSA) is 156 Å². The zero-order valence-electron chi connectivity index (χ0n) is 39.4. The molecular weight excluding hydrogens is 847 g/mol. The third kappa shape index (κ3) is 11.2. The summed E-state index contributed by atoms with van der Waals surface area (Å²) in [6.45, 7) is 12.1. The minimum absolute atomic E-state index is 0.237. The van der Waals surface area contributed by atoms with Gasteiger partial charge in [0, 0.05) is 47.5 Å². The number of quaternary nitrogens is 2. The van der Waals surface area contributed by atoms with Crippen LogP contribution in [0, 0.1) is 0 Å². The Bertz CT molecular complexity index is 2640. The van der Waals surface area contributed by atoms with E-state index >= 15 is 0 Å². The number of hydrogen-bond donors (Lipinski definition) is 1. The van der Waals surface area contributed by atoms with Gasteiger partial charge in [-0.3, -0.25) is 0 Å². The van der Waals surface area contributed by atoms with E-state index in [1.165, 1.54) is 24.3 Å². The SMILES string of the molecule is CC1(C)C(/C=C/C2=C(Oc3ccc(CCN)cc3)C(=C/C=C3/N(CCC[N+](C)(C)C)c4ccc(S(=O)(=O)[O-])cc4C3(C)C)/CCC2)=[N+](CCC[N+](C)(C)C)c2ccc(S(=O)(=O)[O-])cc21. The molecule has 2 heterocycles. The molecular formula is C50H68N5O7S2+. The molecule has 346 valence electrons. The Morgan fingerprint density at radius 3 is 1.98 bits per heavy atom. The zero-order chi connectivity index (χ0) is 47.0. The van der Waals surface area contributed by atoms with Gasteiger partial charge >= 0.3 is 0 Å². The number of rotatable bonds is 17. The first-order valence-corrected chi connectivity index (χ1v) is 25.1. The predicted molar refractivity (Wildman–Crippen MR) is 253 cm³/mol. The summed E-state index contributed by atoms with van der Waals surface area (Å²) in [4.78, 5) is 1.79. The van der Waals surface area contributed by atoms with Crippen LogP contribution in [0.15, 0.2) is 117 Å². The lowest BCUT2D eigenvalue weighted by Crippen LogP contribution is -2.37. The van der Waals surface area contributed by atoms with E-state index in [1.54, 1.807) is 12.1 Å². The smallest absolute Gasteiger partial charge is 0.209 e. The molecule has 14 heteroatoms. The summed E-state index contributed by atoms with van der Waals surface area (Å²) in [7, 11) is 3.65. The number of benzene rings is 3. The highest BCUT2D eigenvalue weighted by Gasteiger charge is 2.45. The highest BCUT2D eigenvalue weighted by molar-refractivity contribution is 7.86. The molecule has 0 unspecified atom stereocenters. The Morgan fingerprint density at radius 1 is 0.766 bits per heavy atom. The summed E-state index contributed by atoms with van der Waals surface area (Å²) in [5.41, 5.74) is 13.1. The quantitative estimate of drug-likeness (QED) is 0.0838. The zero-order valence-corrected chi connectivity index (χ0v) is 41.0. The van der Waals surface area contributed by atoms with E-state index in [2.05, 4.69) is 104 Å². The molecule has 0 bridgehead atoms. The maximum atomic E-state index is 12.2. The Morgan fingerprint density at radius 2 is 1.38 bits per heavy atom. The van der Waals surface area contributed by atoms with Gasteiger partial charge in [-0.15, -0.1) is 0 Å². The molecule has 64 heavy (non-hydrogen) atoms. The second kappa shape index (κ2) is 18.5. The molecule has 2 N–H and O–H groups in total. The van der Waals surface area contributed by atoms with Gasteiger partial charge in [0.25, 0.3) is 0 Å². The molecule has 0 atom stereocenters. The number of hydrogen-bond acceptors (Lipinski definition) is 9. The van der Waals surface area contributed by atoms with Crippen LogP contribution in [0.4, 0.5) is 11.4 Å². The summed E-state index contributed by atoms with van der Waals surface area (Å²) < 4.78 is 84.0. The summed E-state index contributed by atoms with van der Waals surface area (Å²) in [6, 6.07) is 17.4. The van der Waals surface area contributed by atoms with Gasteiger partial charge in [0.2, 0.25) is 5.69 Å². The maximum Gasteiger partial charge on any atom is 0.209 e. The predicted octanol–water partition coefficient (Wildman–Crippen LogP) is 7.25. The number of nitrogens with zero attached hydrogens (tertiary/aromatic N) is 4. The molecule has 1 aliphatic carbocycles. The largest absolute Gasteiger partial charge is 0.744 e. The first kappa shape index (κ1) is 49.0. The van der Waals surface area contributed by atoms with Crippen molar-refractivity contribution in [1.29, 1.82) is 0 Å². The molecule has 3 aromatic rings. The van der Waals surface area contributed by atoms with Crippen molar-refractivity contribution in [2.75, 3.05) is 79.9 Å². The molecule has 0 saturated carbocycles. The second-order valence-corrected chi connectivity index (χ2v) is 23.3. The van der Waals surface area contributed by atoms with Crippen LogP contribution in [-0.4, -0.2) is 120 Å². The summed E-state index contributed by atoms with van der Waals surface area (Å²) >= 11 is 0. The van der Waals surface area contributed by atoms with Crippen molar-refractivity contribution in [2.24, 2.45) is 5.73 Å². The molecule has 2 aliphatic heterocycles. The van der Waals surface area contributed by atoms with Gasteiger partial charge in [0.15, 0.2) is 12.3 Å². The van der Waals surface area contributed by atoms with Crippen molar-refractivity contribution in [3.05, 3.63) is 124 Å². The summed E-state index contributed by atoms with van der Waals surface area (Å²) in [5.74, 6) is 1.44. The van der Waals surface area contributed by atoms with E-state index in [4.69, 9.17) is 10.5 Å². The third-order valence-electron chi connectivity index (χ3n) is 12.7. The first-order valence-electron chi connectivity index (χ1n) is 22.2. The number of nitrogens with two attached hydrogens (primary N) is 1. The van der Waals surface area contributed by atoms with Crippen molar-refractivity contribution >= 4 is 37.3 Å². The van der Waals surface area contributed by atoms with Crippen LogP contribution in [0.1, 0.15) is 76.5 Å². The molecule has 0 amide bonds. The molecule has 0 aromatic heterocycles. The standard InChI is InChI=1S/C50H68N5O7S2/c1-49(2)42-34-40(63(56,57)58)22-24-44(42)52(30-12-32-54(5,6)7)46(49)26-18-37-14-11-15-38(48(37)62-39-20-16-36(17-21-39)28-29-51)19-27-47-50(3,4)43-35-41(64(59,60)61)23-25-45(43)53(47)31-13-33-55(8,9)10/h16-27,34-35H,11-15,28-33,51H2,1-10H3/q+1. The molecule has 12 nitrogen and oxygen atoms in total. The second-order valence-electron chi connectivity index (χ2n) is 20.5. The minimum Gasteiger partial charge on any atom is -0.744 e. The van der Waals surface area contributed by atoms with Crippen LogP contribution >= 0.6 is 0 Å². The first-order chi connectivity index (χ1) is 29.7. The lowest BCUT2D eigenvalue weighted by molar-refractivity contribution is -0.871. The summed E-state index contributed by atoms with van der Waals surface area (Å²) in [6.07, 6.45) is 13.5. The molecule has 3 aliphatic rings. The van der Waals surface area contributed by atoms with Crippen LogP contribution in [0.25, 0.3) is 0 Å². The van der Waals surface area contributed by atoms with E-state index < -0.39 is 31.1 Å². The van der Waals surface area contributed by atoms with Crippen molar-refractivity contribution < 1.29 is 44.2 Å². The molecule has 0 radical (unpaired) electrons. The van der Waals surface area contributed by atoms with Crippen LogP contribution in [0.3, 0.4) is 0 Å². The Labute approximate surface area is 382 Å². The minimum atomic E-state index is -4.66. The fourth-order valence-corrected chi connectivity index (χ4v) is 10.2. The Balaban J connectivity index is 1.48. The van der Waals surface area contributed by atoms with Crippen LogP contribution in [0.2, 0.25) is 0 Å². The number of fused-ring (bicyclic) bond motifs is 2. The fraction of sp³-hybridized carbons (Fsp3) is 0.460. The Kier molecular flexibility index (Phi) is 14.1. The van der Waals surface area contributed by atoms with Gasteiger partial charge in [-0.1, -0.05) is 32.1 Å². The van der Waals surface area contributed by atoms with E-state index in [9.17, 15) is 25.9 Å². The van der Waals surface area contributed by atoms with Crippen molar-refractivity contribution in [2.45, 2.75) is 86.8 Å². The number of ether oxygens (including phenoxy) is 1. The Hall–Kier alpha value is -4.41. The van der Waals surface area contributed by atoms with Crippen molar-refractivity contribution in [1.82, 2.24) is 0 Å². The highest BCUT2D eigenvalue weighted by Crippen LogP contribution is 2.49. The van der Waals surface area contributed by atoms with Gasteiger partial charge in [0.05, 0.1) is 77.0 Å². The third-order valence-corrected chi connectivity index (χ3v) is 14.3. The fourth-order valence-electron chi connectivity index (χ4n) is 9.23. The van der Waals surface area contributed by atoms with E-state index in [0.29, 0.717) is 25.4 Å². The van der Waals surface area contributed by atoms with E-state index in [0.717, 1.165) is 117 Å². The van der Waals surface area contributed by atoms with Gasteiger partial charge in [-0.2, -0.15) is 4.58 Å². The summed E-state index contributed by atoms with van der Waals surface area (Å²) in [5, 5.41) is 0. The average Bonchev–Trinajstić information content (AvgIpc) is 3.53. The highest BCUT2D eigenvalue weighted by atomic mass is 32.2. The van der Waals surface area contributed by atoms with E-state index in [-0.39, 0.29) is 9.79 Å². The normalized spacial score (nSPS) is 19.0. The maximum absolute atomic E-state index is 12.2. The van der Waals surface area contributed by atoms with Crippen LogP contribution in [-0.2, 0) is 37.5 Å². The molecule has 0 spiro atoms. The van der Waals surface area contributed by atoms with Gasteiger partial charge in [-0.05, 0) is 123 Å². The molecule has 6 rings (SSSR count). The van der Waals surface area contributed by atoms with Crippen LogP contribution < -0.4 is 15.4 Å². The van der Waals surface area contributed by atoms with Crippen LogP contribution in [0.5, 0.6) is 5.75 Å². The van der Waals surface area contributed by atoms with Crippen molar-refractivity contribution in [3.63, 3.8) is 0 Å².